The third-order valence-electron chi connectivity index (χ3n) is 3.46. The fourth-order valence-corrected chi connectivity index (χ4v) is 2.43. The smallest absolute Gasteiger partial charge is 0.331 e. The first-order valence-corrected chi connectivity index (χ1v) is 8.10. The number of hydrogen-bond acceptors (Lipinski definition) is 6. The van der Waals surface area contributed by atoms with Gasteiger partial charge in [-0.15, -0.1) is 0 Å². The first-order valence-electron chi connectivity index (χ1n) is 7.72. The summed E-state index contributed by atoms with van der Waals surface area (Å²) in [5.74, 6) is 0.649. The van der Waals surface area contributed by atoms with Crippen molar-refractivity contribution in [2.45, 2.75) is 6.61 Å². The molecule has 0 radical (unpaired) electrons. The van der Waals surface area contributed by atoms with Gasteiger partial charge in [0.05, 0.1) is 12.1 Å². The molecule has 0 saturated heterocycles. The summed E-state index contributed by atoms with van der Waals surface area (Å²) in [6, 6.07) is 14.5. The summed E-state index contributed by atoms with van der Waals surface area (Å²) in [6.07, 6.45) is 2.92. The predicted octanol–water partition coefficient (Wildman–Crippen LogP) is 4.16. The highest BCUT2D eigenvalue weighted by Gasteiger charge is 2.12. The van der Waals surface area contributed by atoms with Crippen LogP contribution in [0.2, 0.25) is 5.02 Å². The van der Waals surface area contributed by atoms with Gasteiger partial charge < -0.3 is 14.0 Å². The van der Waals surface area contributed by atoms with Crippen LogP contribution in [0.15, 0.2) is 59.1 Å². The van der Waals surface area contributed by atoms with E-state index in [1.54, 1.807) is 31.4 Å². The summed E-state index contributed by atoms with van der Waals surface area (Å²) in [6.45, 7) is -0.132. The van der Waals surface area contributed by atoms with Crippen LogP contribution in [0.25, 0.3) is 17.5 Å². The molecule has 0 atom stereocenters. The lowest BCUT2D eigenvalue weighted by Gasteiger charge is -2.03. The quantitative estimate of drug-likeness (QED) is 0.479. The molecule has 3 rings (SSSR count). The summed E-state index contributed by atoms with van der Waals surface area (Å²) in [4.78, 5) is 16.0. The predicted molar refractivity (Wildman–Crippen MR) is 96.6 cm³/mol. The maximum absolute atomic E-state index is 11.9. The van der Waals surface area contributed by atoms with Gasteiger partial charge in [-0.3, -0.25) is 0 Å². The van der Waals surface area contributed by atoms with E-state index in [0.717, 1.165) is 5.56 Å². The molecule has 132 valence electrons. The van der Waals surface area contributed by atoms with Gasteiger partial charge in [0.25, 0.3) is 5.89 Å². The van der Waals surface area contributed by atoms with Crippen molar-refractivity contribution in [3.63, 3.8) is 0 Å². The van der Waals surface area contributed by atoms with E-state index in [-0.39, 0.29) is 12.5 Å². The number of para-hydroxylation sites is 1. The number of methoxy groups -OCH3 is 1. The zero-order chi connectivity index (χ0) is 18.4. The van der Waals surface area contributed by atoms with E-state index in [2.05, 4.69) is 10.1 Å². The van der Waals surface area contributed by atoms with Gasteiger partial charge >= 0.3 is 5.97 Å². The van der Waals surface area contributed by atoms with Crippen LogP contribution in [0.1, 0.15) is 11.5 Å². The second-order valence-electron chi connectivity index (χ2n) is 5.17. The fourth-order valence-electron chi connectivity index (χ4n) is 2.21. The van der Waals surface area contributed by atoms with Crippen molar-refractivity contribution >= 4 is 23.6 Å². The minimum absolute atomic E-state index is 0.132. The minimum atomic E-state index is -0.534. The molecule has 2 aromatic carbocycles. The van der Waals surface area contributed by atoms with Crippen molar-refractivity contribution < 1.29 is 18.8 Å². The summed E-state index contributed by atoms with van der Waals surface area (Å²) in [7, 11) is 1.57. The third kappa shape index (κ3) is 4.29. The molecule has 7 heteroatoms. The van der Waals surface area contributed by atoms with Gasteiger partial charge in [0.15, 0.2) is 6.61 Å². The largest absolute Gasteiger partial charge is 0.496 e. The van der Waals surface area contributed by atoms with Gasteiger partial charge in [0.1, 0.15) is 5.75 Å². The Balaban J connectivity index is 1.60. The SMILES string of the molecule is COc1ccccc1/C=C/C(=O)OCc1nc(-c2ccccc2Cl)no1. The Morgan fingerprint density at radius 2 is 1.96 bits per heavy atom. The number of rotatable bonds is 6. The van der Waals surface area contributed by atoms with E-state index in [9.17, 15) is 4.79 Å². The van der Waals surface area contributed by atoms with Crippen LogP contribution in [0.3, 0.4) is 0 Å². The topological polar surface area (TPSA) is 74.5 Å². The third-order valence-corrected chi connectivity index (χ3v) is 3.79. The van der Waals surface area contributed by atoms with Crippen LogP contribution >= 0.6 is 11.6 Å². The molecular formula is C19H15ClN2O4. The number of ether oxygens (including phenoxy) is 2. The molecular weight excluding hydrogens is 356 g/mol. The lowest BCUT2D eigenvalue weighted by molar-refractivity contribution is -0.139. The second kappa shape index (κ2) is 8.31. The molecule has 3 aromatic rings. The van der Waals surface area contributed by atoms with Crippen LogP contribution in [-0.2, 0) is 16.1 Å². The van der Waals surface area contributed by atoms with Gasteiger partial charge in [-0.1, -0.05) is 47.1 Å². The van der Waals surface area contributed by atoms with Crippen LogP contribution < -0.4 is 4.74 Å². The van der Waals surface area contributed by atoms with Crippen molar-refractivity contribution in [1.82, 2.24) is 10.1 Å². The summed E-state index contributed by atoms with van der Waals surface area (Å²) in [5.41, 5.74) is 1.41. The Bertz CT molecular complexity index is 937. The summed E-state index contributed by atoms with van der Waals surface area (Å²) in [5, 5.41) is 4.36. The first-order chi connectivity index (χ1) is 12.7. The van der Waals surface area contributed by atoms with Crippen molar-refractivity contribution in [2.24, 2.45) is 0 Å². The van der Waals surface area contributed by atoms with E-state index >= 15 is 0 Å². The van der Waals surface area contributed by atoms with Crippen LogP contribution in [0, 0.1) is 0 Å². The van der Waals surface area contributed by atoms with Crippen LogP contribution in [0.4, 0.5) is 0 Å². The number of carbonyl (C=O) groups is 1. The molecule has 0 aliphatic rings. The lowest BCUT2D eigenvalue weighted by atomic mass is 10.2. The van der Waals surface area contributed by atoms with E-state index < -0.39 is 5.97 Å². The average molecular weight is 371 g/mol. The minimum Gasteiger partial charge on any atom is -0.496 e. The van der Waals surface area contributed by atoms with E-state index in [1.807, 2.05) is 30.3 Å². The Labute approximate surface area is 155 Å². The van der Waals surface area contributed by atoms with E-state index in [1.165, 1.54) is 6.08 Å². The highest BCUT2D eigenvalue weighted by molar-refractivity contribution is 6.33. The first kappa shape index (κ1) is 17.7. The number of hydrogen-bond donors (Lipinski definition) is 0. The number of carbonyl (C=O) groups excluding carboxylic acids is 1. The molecule has 0 aliphatic heterocycles. The molecule has 1 aromatic heterocycles. The molecule has 0 unspecified atom stereocenters. The number of esters is 1. The van der Waals surface area contributed by atoms with Gasteiger partial charge in [-0.25, -0.2) is 4.79 Å². The van der Waals surface area contributed by atoms with Gasteiger partial charge in [-0.05, 0) is 24.3 Å². The molecule has 0 bridgehead atoms. The number of halogens is 1. The molecule has 26 heavy (non-hydrogen) atoms. The maximum atomic E-state index is 11.9. The molecule has 6 nitrogen and oxygen atoms in total. The molecule has 0 fully saturated rings. The Kier molecular flexibility index (Phi) is 5.66. The normalized spacial score (nSPS) is 10.8. The Morgan fingerprint density at radius 3 is 2.77 bits per heavy atom. The lowest BCUT2D eigenvalue weighted by Crippen LogP contribution is -2.01. The van der Waals surface area contributed by atoms with Crippen molar-refractivity contribution in [3.8, 4) is 17.1 Å². The fraction of sp³-hybridized carbons (Fsp3) is 0.105. The van der Waals surface area contributed by atoms with Crippen LogP contribution in [0.5, 0.6) is 5.75 Å². The Morgan fingerprint density at radius 1 is 1.19 bits per heavy atom. The zero-order valence-corrected chi connectivity index (χ0v) is 14.6. The monoisotopic (exact) mass is 370 g/mol. The molecule has 0 aliphatic carbocycles. The number of nitrogens with zero attached hydrogens (tertiary/aromatic N) is 2. The van der Waals surface area contributed by atoms with Gasteiger partial charge in [0.2, 0.25) is 5.82 Å². The Hall–Kier alpha value is -3.12. The molecule has 0 N–H and O–H groups in total. The summed E-state index contributed by atoms with van der Waals surface area (Å²) < 4.78 is 15.4. The van der Waals surface area contributed by atoms with E-state index in [0.29, 0.717) is 22.2 Å². The zero-order valence-electron chi connectivity index (χ0n) is 13.9. The molecule has 0 amide bonds. The highest BCUT2D eigenvalue weighted by atomic mass is 35.5. The second-order valence-corrected chi connectivity index (χ2v) is 5.58. The van der Waals surface area contributed by atoms with Gasteiger partial charge in [0, 0.05) is 17.2 Å². The van der Waals surface area contributed by atoms with Crippen molar-refractivity contribution in [1.29, 1.82) is 0 Å². The highest BCUT2D eigenvalue weighted by Crippen LogP contribution is 2.25. The average Bonchev–Trinajstić information content (AvgIpc) is 3.14. The van der Waals surface area contributed by atoms with E-state index in [4.69, 9.17) is 25.6 Å². The van der Waals surface area contributed by atoms with Gasteiger partial charge in [-0.2, -0.15) is 4.98 Å². The maximum Gasteiger partial charge on any atom is 0.331 e. The number of aromatic nitrogens is 2. The number of benzene rings is 2. The van der Waals surface area contributed by atoms with Crippen molar-refractivity contribution in [2.75, 3.05) is 7.11 Å². The summed E-state index contributed by atoms with van der Waals surface area (Å²) >= 11 is 6.09. The molecule has 0 saturated carbocycles. The standard InChI is InChI=1S/C19H15ClN2O4/c1-24-16-9-5-2-6-13(16)10-11-18(23)25-12-17-21-19(22-26-17)14-7-3-4-8-15(14)20/h2-11H,12H2,1H3/b11-10+. The molecule has 1 heterocycles. The molecule has 0 spiro atoms. The van der Waals surface area contributed by atoms with Crippen LogP contribution in [-0.4, -0.2) is 23.2 Å². The van der Waals surface area contributed by atoms with Crippen molar-refractivity contribution in [3.05, 3.63) is 71.1 Å².